The molecule has 1 aromatic heterocycles. The lowest BCUT2D eigenvalue weighted by Crippen LogP contribution is -2.06. The first-order valence-corrected chi connectivity index (χ1v) is 8.33. The predicted octanol–water partition coefficient (Wildman–Crippen LogP) is 4.41. The van der Waals surface area contributed by atoms with Crippen LogP contribution in [0.25, 0.3) is 10.6 Å². The van der Waals surface area contributed by atoms with Crippen LogP contribution in [0, 0.1) is 6.92 Å². The van der Waals surface area contributed by atoms with E-state index in [1.165, 1.54) is 16.2 Å². The molecule has 2 rings (SSSR count). The largest absolute Gasteiger partial charge is 0.461 e. The number of thioether (sulfide) groups is 1. The standard InChI is InChI=1S/C15H17NO2S2/c1-4-18-15(17)13-10(3)20-14(16-13)11-6-8-12(9-7-11)19-5-2/h6-9H,4-5H2,1-3H3. The van der Waals surface area contributed by atoms with Gasteiger partial charge in [0.25, 0.3) is 0 Å². The summed E-state index contributed by atoms with van der Waals surface area (Å²) in [4.78, 5) is 18.3. The molecule has 0 atom stereocenters. The first-order chi connectivity index (χ1) is 9.65. The number of hydrogen-bond donors (Lipinski definition) is 0. The molecule has 0 fully saturated rings. The van der Waals surface area contributed by atoms with Crippen LogP contribution in [0.2, 0.25) is 0 Å². The molecule has 0 aliphatic rings. The van der Waals surface area contributed by atoms with Crippen LogP contribution >= 0.6 is 23.1 Å². The second-order valence-electron chi connectivity index (χ2n) is 4.10. The zero-order valence-corrected chi connectivity index (χ0v) is 13.4. The van der Waals surface area contributed by atoms with Gasteiger partial charge in [0.2, 0.25) is 0 Å². The molecule has 106 valence electrons. The number of aryl methyl sites for hydroxylation is 1. The Hall–Kier alpha value is -1.33. The van der Waals surface area contributed by atoms with E-state index < -0.39 is 0 Å². The minimum Gasteiger partial charge on any atom is -0.461 e. The van der Waals surface area contributed by atoms with Crippen LogP contribution in [0.5, 0.6) is 0 Å². The van der Waals surface area contributed by atoms with Gasteiger partial charge < -0.3 is 4.74 Å². The van der Waals surface area contributed by atoms with Crippen molar-refractivity contribution in [1.29, 1.82) is 0 Å². The Morgan fingerprint density at radius 1 is 1.30 bits per heavy atom. The summed E-state index contributed by atoms with van der Waals surface area (Å²) in [6.45, 7) is 6.20. The second kappa shape index (κ2) is 6.90. The highest BCUT2D eigenvalue weighted by atomic mass is 32.2. The maximum Gasteiger partial charge on any atom is 0.358 e. The van der Waals surface area contributed by atoms with E-state index >= 15 is 0 Å². The third kappa shape index (κ3) is 3.41. The lowest BCUT2D eigenvalue weighted by atomic mass is 10.2. The summed E-state index contributed by atoms with van der Waals surface area (Å²) in [5, 5.41) is 0.860. The fourth-order valence-corrected chi connectivity index (χ4v) is 3.34. The SMILES string of the molecule is CCOC(=O)c1nc(-c2ccc(SCC)cc2)sc1C. The molecular weight excluding hydrogens is 290 g/mol. The van der Waals surface area contributed by atoms with Gasteiger partial charge in [-0.1, -0.05) is 19.1 Å². The van der Waals surface area contributed by atoms with E-state index in [2.05, 4.69) is 24.0 Å². The van der Waals surface area contributed by atoms with Gasteiger partial charge >= 0.3 is 5.97 Å². The molecule has 1 aromatic carbocycles. The van der Waals surface area contributed by atoms with Crippen LogP contribution in [0.1, 0.15) is 29.2 Å². The molecule has 0 radical (unpaired) electrons. The molecule has 0 saturated carbocycles. The third-order valence-electron chi connectivity index (χ3n) is 2.68. The van der Waals surface area contributed by atoms with Gasteiger partial charge in [-0.2, -0.15) is 0 Å². The fourth-order valence-electron chi connectivity index (χ4n) is 1.77. The Labute approximate surface area is 127 Å². The molecular formula is C15H17NO2S2. The van der Waals surface area contributed by atoms with Gasteiger partial charge in [-0.3, -0.25) is 0 Å². The van der Waals surface area contributed by atoms with Gasteiger partial charge in [0.1, 0.15) is 5.01 Å². The summed E-state index contributed by atoms with van der Waals surface area (Å²) in [6.07, 6.45) is 0. The van der Waals surface area contributed by atoms with Crippen LogP contribution in [0.3, 0.4) is 0 Å². The number of aromatic nitrogens is 1. The van der Waals surface area contributed by atoms with Crippen molar-refractivity contribution in [1.82, 2.24) is 4.98 Å². The van der Waals surface area contributed by atoms with Crippen molar-refractivity contribution >= 4 is 29.1 Å². The maximum absolute atomic E-state index is 11.8. The van der Waals surface area contributed by atoms with Crippen LogP contribution in [-0.4, -0.2) is 23.3 Å². The fraction of sp³-hybridized carbons (Fsp3) is 0.333. The minimum absolute atomic E-state index is 0.342. The quantitative estimate of drug-likeness (QED) is 0.606. The number of carbonyl (C=O) groups excluding carboxylic acids is 1. The van der Waals surface area contributed by atoms with Gasteiger partial charge in [0, 0.05) is 15.3 Å². The van der Waals surface area contributed by atoms with Gasteiger partial charge in [-0.05, 0) is 31.7 Å². The van der Waals surface area contributed by atoms with Crippen molar-refractivity contribution < 1.29 is 9.53 Å². The average Bonchev–Trinajstić information content (AvgIpc) is 2.82. The van der Waals surface area contributed by atoms with Gasteiger partial charge in [0.15, 0.2) is 5.69 Å². The Bertz CT molecular complexity index is 590. The second-order valence-corrected chi connectivity index (χ2v) is 6.64. The van der Waals surface area contributed by atoms with E-state index in [0.717, 1.165) is 21.2 Å². The van der Waals surface area contributed by atoms with Crippen molar-refractivity contribution in [2.45, 2.75) is 25.7 Å². The predicted molar refractivity (Wildman–Crippen MR) is 84.6 cm³/mol. The number of nitrogens with zero attached hydrogens (tertiary/aromatic N) is 1. The molecule has 20 heavy (non-hydrogen) atoms. The Kier molecular flexibility index (Phi) is 5.20. The summed E-state index contributed by atoms with van der Waals surface area (Å²) in [5.74, 6) is 0.716. The lowest BCUT2D eigenvalue weighted by Gasteiger charge is -2.00. The first kappa shape index (κ1) is 15.1. The van der Waals surface area contributed by atoms with Crippen molar-refractivity contribution in [3.8, 4) is 10.6 Å². The lowest BCUT2D eigenvalue weighted by molar-refractivity contribution is 0.0519. The number of thiazole rings is 1. The van der Waals surface area contributed by atoms with Crippen LogP contribution in [-0.2, 0) is 4.74 Å². The molecule has 1 heterocycles. The Balaban J connectivity index is 2.25. The normalized spacial score (nSPS) is 10.6. The molecule has 0 amide bonds. The van der Waals surface area contributed by atoms with Crippen molar-refractivity contribution in [3.63, 3.8) is 0 Å². The highest BCUT2D eigenvalue weighted by Crippen LogP contribution is 2.29. The zero-order chi connectivity index (χ0) is 14.5. The van der Waals surface area contributed by atoms with E-state index in [1.54, 1.807) is 6.92 Å². The number of benzene rings is 1. The maximum atomic E-state index is 11.8. The van der Waals surface area contributed by atoms with Crippen LogP contribution in [0.4, 0.5) is 0 Å². The molecule has 0 saturated heterocycles. The molecule has 3 nitrogen and oxygen atoms in total. The zero-order valence-electron chi connectivity index (χ0n) is 11.8. The molecule has 0 N–H and O–H groups in total. The summed E-state index contributed by atoms with van der Waals surface area (Å²) >= 11 is 3.33. The number of carbonyl (C=O) groups is 1. The minimum atomic E-state index is -0.342. The summed E-state index contributed by atoms with van der Waals surface area (Å²) in [5.41, 5.74) is 1.47. The molecule has 0 spiro atoms. The first-order valence-electron chi connectivity index (χ1n) is 6.53. The number of rotatable bonds is 5. The monoisotopic (exact) mass is 307 g/mol. The number of ether oxygens (including phenoxy) is 1. The molecule has 5 heteroatoms. The molecule has 0 aliphatic heterocycles. The van der Waals surface area contributed by atoms with E-state index in [9.17, 15) is 4.79 Å². The van der Waals surface area contributed by atoms with Gasteiger partial charge in [-0.15, -0.1) is 23.1 Å². The highest BCUT2D eigenvalue weighted by molar-refractivity contribution is 7.99. The van der Waals surface area contributed by atoms with Crippen molar-refractivity contribution in [2.24, 2.45) is 0 Å². The third-order valence-corrected chi connectivity index (χ3v) is 4.59. The van der Waals surface area contributed by atoms with Crippen molar-refractivity contribution in [3.05, 3.63) is 34.8 Å². The summed E-state index contributed by atoms with van der Waals surface area (Å²) < 4.78 is 5.01. The summed E-state index contributed by atoms with van der Waals surface area (Å²) in [7, 11) is 0. The van der Waals surface area contributed by atoms with E-state index in [0.29, 0.717) is 12.3 Å². The van der Waals surface area contributed by atoms with E-state index in [4.69, 9.17) is 4.74 Å². The number of esters is 1. The summed E-state index contributed by atoms with van der Waals surface area (Å²) in [6, 6.07) is 8.27. The van der Waals surface area contributed by atoms with Gasteiger partial charge in [-0.25, -0.2) is 9.78 Å². The molecule has 0 bridgehead atoms. The van der Waals surface area contributed by atoms with Gasteiger partial charge in [0.05, 0.1) is 6.61 Å². The topological polar surface area (TPSA) is 39.2 Å². The molecule has 2 aromatic rings. The smallest absolute Gasteiger partial charge is 0.358 e. The van der Waals surface area contributed by atoms with Crippen molar-refractivity contribution in [2.75, 3.05) is 12.4 Å². The average molecular weight is 307 g/mol. The van der Waals surface area contributed by atoms with E-state index in [1.807, 2.05) is 30.8 Å². The van der Waals surface area contributed by atoms with Crippen LogP contribution < -0.4 is 0 Å². The number of hydrogen-bond acceptors (Lipinski definition) is 5. The highest BCUT2D eigenvalue weighted by Gasteiger charge is 2.17. The van der Waals surface area contributed by atoms with Crippen LogP contribution in [0.15, 0.2) is 29.2 Å². The Morgan fingerprint density at radius 2 is 2.00 bits per heavy atom. The van der Waals surface area contributed by atoms with E-state index in [-0.39, 0.29) is 5.97 Å². The Morgan fingerprint density at radius 3 is 2.60 bits per heavy atom. The molecule has 0 unspecified atom stereocenters. The molecule has 0 aliphatic carbocycles.